The number of H-pyrrole nitrogens is 2. The third kappa shape index (κ3) is 11.7. The Hall–Kier alpha value is -4.84. The number of hydrogen-bond acceptors (Lipinski definition) is 13. The quantitative estimate of drug-likeness (QED) is 0.0432. The topological polar surface area (TPSA) is 221 Å². The highest BCUT2D eigenvalue weighted by atomic mass is 31.2. The van der Waals surface area contributed by atoms with Gasteiger partial charge >= 0.3 is 19.2 Å². The van der Waals surface area contributed by atoms with E-state index in [1.165, 1.54) is 27.6 Å². The molecule has 2 aliphatic heterocycles. The molecule has 390 valence electrons. The van der Waals surface area contributed by atoms with Gasteiger partial charge in [0.2, 0.25) is 0 Å². The van der Waals surface area contributed by atoms with E-state index in [9.17, 15) is 28.6 Å². The number of aryl methyl sites for hydroxylation is 1. The van der Waals surface area contributed by atoms with Gasteiger partial charge in [0, 0.05) is 30.4 Å². The summed E-state index contributed by atoms with van der Waals surface area (Å²) >= 11 is 0. The molecule has 2 saturated heterocycles. The lowest BCUT2D eigenvalue weighted by Gasteiger charge is -2.41. The summed E-state index contributed by atoms with van der Waals surface area (Å²) in [7, 11) is -8.91. The number of nitrogens with zero attached hydrogens (tertiary/aromatic N) is 2. The van der Waals surface area contributed by atoms with Crippen molar-refractivity contribution in [2.45, 2.75) is 140 Å². The predicted octanol–water partition coefficient (Wildman–Crippen LogP) is 7.88. The first-order valence-electron chi connectivity index (χ1n) is 24.0. The fourth-order valence-corrected chi connectivity index (χ4v) is 11.6. The summed E-state index contributed by atoms with van der Waals surface area (Å²) in [5, 5.41) is -0.613. The van der Waals surface area contributed by atoms with Crippen molar-refractivity contribution < 1.29 is 46.3 Å². The molecule has 5 aromatic rings. The van der Waals surface area contributed by atoms with Crippen LogP contribution in [0.3, 0.4) is 0 Å². The average Bonchev–Trinajstić information content (AvgIpc) is 3.86. The number of aromatic amines is 2. The molecule has 0 radical (unpaired) electrons. The molecular weight excluding hydrogens is 980 g/mol. The predicted molar refractivity (Wildman–Crippen MR) is 276 cm³/mol. The number of nitrogens with one attached hydrogen (secondary N) is 2. The first-order chi connectivity index (χ1) is 33.7. The van der Waals surface area contributed by atoms with E-state index in [2.05, 4.69) is 43.8 Å². The number of ether oxygens (including phenoxy) is 4. The molecule has 0 amide bonds. The number of hydrogen-bond donors (Lipinski definition) is 3. The lowest BCUT2D eigenvalue weighted by Crippen LogP contribution is -2.50. The zero-order chi connectivity index (χ0) is 52.6. The molecule has 18 nitrogen and oxygen atoms in total. The van der Waals surface area contributed by atoms with Gasteiger partial charge in [0.15, 0.2) is 22.9 Å². The molecule has 0 bridgehead atoms. The summed E-state index contributed by atoms with van der Waals surface area (Å²) in [5.74, 6) is 0.617. The van der Waals surface area contributed by atoms with Crippen LogP contribution in [0.1, 0.15) is 82.7 Å². The van der Waals surface area contributed by atoms with Gasteiger partial charge in [-0.1, -0.05) is 114 Å². The number of aromatic nitrogens is 4. The van der Waals surface area contributed by atoms with Gasteiger partial charge in [-0.3, -0.25) is 37.7 Å². The monoisotopic (exact) mass is 1050 g/mol. The van der Waals surface area contributed by atoms with Gasteiger partial charge in [-0.15, -0.1) is 0 Å². The lowest BCUT2D eigenvalue weighted by atomic mass is 9.79. The Kier molecular flexibility index (Phi) is 16.2. The minimum Gasteiger partial charge on any atom is -0.497 e. The molecule has 21 heteroatoms. The van der Waals surface area contributed by atoms with Crippen molar-refractivity contribution in [3.8, 4) is 5.75 Å². The van der Waals surface area contributed by atoms with E-state index >= 15 is 0 Å². The Balaban J connectivity index is 1.29. The molecule has 7 rings (SSSR count). The molecule has 2 aliphatic rings. The Morgan fingerprint density at radius 1 is 0.722 bits per heavy atom. The van der Waals surface area contributed by atoms with Crippen LogP contribution in [-0.2, 0) is 42.3 Å². The van der Waals surface area contributed by atoms with Gasteiger partial charge in [-0.25, -0.2) is 14.2 Å². The second kappa shape index (κ2) is 21.2. The first kappa shape index (κ1) is 54.9. The third-order valence-corrected chi connectivity index (χ3v) is 24.5. The average molecular weight is 1050 g/mol. The number of rotatable bonds is 18. The number of phosphoric ester groups is 1. The highest BCUT2D eigenvalue weighted by Crippen LogP contribution is 2.52. The van der Waals surface area contributed by atoms with Crippen molar-refractivity contribution in [1.82, 2.24) is 19.1 Å². The van der Waals surface area contributed by atoms with Crippen molar-refractivity contribution in [3.05, 3.63) is 167 Å². The highest BCUT2D eigenvalue weighted by molar-refractivity contribution is 7.47. The molecule has 8 atom stereocenters. The summed E-state index contributed by atoms with van der Waals surface area (Å²) in [4.78, 5) is 68.3. The Morgan fingerprint density at radius 2 is 1.29 bits per heavy atom. The zero-order valence-corrected chi connectivity index (χ0v) is 46.0. The van der Waals surface area contributed by atoms with Crippen LogP contribution in [0.5, 0.6) is 5.75 Å². The van der Waals surface area contributed by atoms with E-state index in [4.69, 9.17) is 36.8 Å². The van der Waals surface area contributed by atoms with Crippen molar-refractivity contribution in [1.29, 1.82) is 0 Å². The molecule has 0 saturated carbocycles. The molecule has 72 heavy (non-hydrogen) atoms. The third-order valence-electron chi connectivity index (χ3n) is 14.5. The van der Waals surface area contributed by atoms with Crippen molar-refractivity contribution in [3.63, 3.8) is 0 Å². The van der Waals surface area contributed by atoms with Crippen LogP contribution in [0.4, 0.5) is 0 Å². The van der Waals surface area contributed by atoms with Gasteiger partial charge in [0.1, 0.15) is 42.0 Å². The van der Waals surface area contributed by atoms with Crippen molar-refractivity contribution in [2.24, 2.45) is 0 Å². The fraction of sp³-hybridized carbons (Fsp3) is 0.490. The van der Waals surface area contributed by atoms with Crippen LogP contribution in [0.25, 0.3) is 0 Å². The second-order valence-electron chi connectivity index (χ2n) is 21.5. The van der Waals surface area contributed by atoms with Crippen molar-refractivity contribution in [2.75, 3.05) is 20.3 Å². The zero-order valence-electron chi connectivity index (χ0n) is 43.1. The molecule has 0 spiro atoms. The van der Waals surface area contributed by atoms with Gasteiger partial charge in [-0.2, -0.15) is 0 Å². The smallest absolute Gasteiger partial charge is 0.472 e. The fourth-order valence-electron chi connectivity index (χ4n) is 8.37. The number of benzene rings is 3. The van der Waals surface area contributed by atoms with E-state index in [-0.39, 0.29) is 28.7 Å². The summed E-state index contributed by atoms with van der Waals surface area (Å²) in [6.07, 6.45) is -5.31. The van der Waals surface area contributed by atoms with E-state index in [1.54, 1.807) is 14.0 Å². The maximum Gasteiger partial charge on any atom is 0.472 e. The van der Waals surface area contributed by atoms with E-state index in [0.29, 0.717) is 11.3 Å². The van der Waals surface area contributed by atoms with E-state index in [0.717, 1.165) is 11.1 Å². The van der Waals surface area contributed by atoms with Crippen LogP contribution >= 0.6 is 7.82 Å². The maximum atomic E-state index is 14.8. The molecule has 0 aliphatic carbocycles. The summed E-state index contributed by atoms with van der Waals surface area (Å²) in [6, 6.07) is 27.8. The minimum atomic E-state index is -5.19. The van der Waals surface area contributed by atoms with Crippen molar-refractivity contribution >= 4 is 24.5 Å². The molecule has 2 aromatic heterocycles. The number of methoxy groups -OCH3 is 1. The van der Waals surface area contributed by atoms with E-state index in [1.807, 2.05) is 119 Å². The molecule has 4 heterocycles. The summed E-state index contributed by atoms with van der Waals surface area (Å²) in [6.45, 7) is 21.3. The summed E-state index contributed by atoms with van der Waals surface area (Å²) < 4.78 is 69.2. The van der Waals surface area contributed by atoms with Gasteiger partial charge in [0.05, 0.1) is 26.4 Å². The molecule has 3 N–H and O–H groups in total. The maximum absolute atomic E-state index is 14.8. The molecule has 3 aromatic carbocycles. The summed E-state index contributed by atoms with van der Waals surface area (Å²) in [5.41, 5.74) is -1.57. The Labute approximate surface area is 421 Å². The molecule has 1 unspecified atom stereocenters. The van der Waals surface area contributed by atoms with E-state index < -0.39 is 102 Å². The first-order valence-corrected chi connectivity index (χ1v) is 31.3. The van der Waals surface area contributed by atoms with Crippen LogP contribution in [0.2, 0.25) is 36.3 Å². The van der Waals surface area contributed by atoms with Crippen LogP contribution < -0.4 is 27.2 Å². The standard InChI is InChI=1S/C51H69N4O14PSi2/c1-33-30-55(48(59)53-45(33)57)42-29-38(67-51(34-19-15-13-16-20-34,35-21-17-14-18-22-35)36-23-25-37(62-8)26-24-36)39(65-42)31-63-70(60,61)68-43-40(32-64-71(9,10)49(2,3)4)66-46(54-28-27-41(56)52-47(54)58)44(43)69-72(11,12)50(5,6)7/h13-28,30,38-40,42-44,46H,29,31-32H2,1-12H3,(H,60,61)(H,52,56,58)(H,53,57,59)/t38-,39+,40+,42+,43+,44+,46+/m0/s1. The Morgan fingerprint density at radius 3 is 1.85 bits per heavy atom. The lowest BCUT2D eigenvalue weighted by molar-refractivity contribution is -0.100. The van der Waals surface area contributed by atoms with Crippen LogP contribution in [0.15, 0.2) is 123 Å². The minimum absolute atomic E-state index is 0.0228. The van der Waals surface area contributed by atoms with Crippen LogP contribution in [0, 0.1) is 6.92 Å². The molecular formula is C51H69N4O14PSi2. The van der Waals surface area contributed by atoms with Crippen LogP contribution in [-0.4, -0.2) is 91.5 Å². The Bertz CT molecular complexity index is 2910. The largest absolute Gasteiger partial charge is 0.497 e. The highest BCUT2D eigenvalue weighted by Gasteiger charge is 2.55. The number of phosphoric acid groups is 1. The second-order valence-corrected chi connectivity index (χ2v) is 32.4. The normalized spacial score (nSPS) is 23.0. The van der Waals surface area contributed by atoms with Gasteiger partial charge < -0.3 is 32.7 Å². The SMILES string of the molecule is COc1ccc(C(O[C@H]2C[C@H](n3cc(C)c(=O)[nH]c3=O)O[C@@H]2COP(=O)(O)O[C@H]2[C@@H](O[Si](C)(C)C(C)(C)C)[C@H](n3ccc(=O)[nH]c3=O)O[C@@H]2CO[Si](C)(C)C(C)(C)C)(c2ccccc2)c2ccccc2)cc1. The molecule has 2 fully saturated rings. The van der Waals surface area contributed by atoms with Gasteiger partial charge in [0.25, 0.3) is 11.1 Å². The van der Waals surface area contributed by atoms with Gasteiger partial charge in [-0.05, 0) is 72.0 Å².